The van der Waals surface area contributed by atoms with Crippen LogP contribution in [0.2, 0.25) is 0 Å². The van der Waals surface area contributed by atoms with E-state index in [-0.39, 0.29) is 0 Å². The van der Waals surface area contributed by atoms with E-state index in [1.54, 1.807) is 13.8 Å². The number of carbonyl (C=O) groups is 1. The minimum atomic E-state index is -1.25. The van der Waals surface area contributed by atoms with Gasteiger partial charge in [0.25, 0.3) is 0 Å². The van der Waals surface area contributed by atoms with Gasteiger partial charge in [0.1, 0.15) is 0 Å². The Labute approximate surface area is 102 Å². The molecular formula is C14H20O3. The van der Waals surface area contributed by atoms with Crippen molar-refractivity contribution in [2.75, 3.05) is 6.61 Å². The fourth-order valence-electron chi connectivity index (χ4n) is 1.84. The molecule has 0 aliphatic heterocycles. The van der Waals surface area contributed by atoms with Crippen molar-refractivity contribution in [2.24, 2.45) is 0 Å². The Hall–Kier alpha value is -1.35. The second-order valence-corrected chi connectivity index (χ2v) is 4.22. The molecule has 0 fully saturated rings. The Morgan fingerprint density at radius 3 is 2.29 bits per heavy atom. The first-order valence-corrected chi connectivity index (χ1v) is 6.01. The van der Waals surface area contributed by atoms with Crippen molar-refractivity contribution in [3.8, 4) is 0 Å². The van der Waals surface area contributed by atoms with Crippen LogP contribution in [0.1, 0.15) is 38.3 Å². The van der Waals surface area contributed by atoms with Gasteiger partial charge in [-0.1, -0.05) is 37.6 Å². The first-order valence-electron chi connectivity index (χ1n) is 6.01. The molecule has 0 aliphatic rings. The lowest BCUT2D eigenvalue weighted by atomic mass is 9.94. The minimum Gasteiger partial charge on any atom is -0.479 e. The van der Waals surface area contributed by atoms with Crippen LogP contribution in [0.4, 0.5) is 0 Å². The summed E-state index contributed by atoms with van der Waals surface area (Å²) in [5.74, 6) is -0.956. The molecule has 0 radical (unpaired) electrons. The zero-order valence-electron chi connectivity index (χ0n) is 10.7. The lowest BCUT2D eigenvalue weighted by molar-refractivity contribution is -0.164. The molecule has 1 aromatic carbocycles. The van der Waals surface area contributed by atoms with Crippen LogP contribution >= 0.6 is 0 Å². The van der Waals surface area contributed by atoms with E-state index < -0.39 is 11.6 Å². The normalized spacial score (nSPS) is 14.3. The summed E-state index contributed by atoms with van der Waals surface area (Å²) in [5.41, 5.74) is 0.659. The summed E-state index contributed by atoms with van der Waals surface area (Å²) < 4.78 is 5.38. The van der Waals surface area contributed by atoms with Crippen molar-refractivity contribution < 1.29 is 14.6 Å². The molecule has 17 heavy (non-hydrogen) atoms. The summed E-state index contributed by atoms with van der Waals surface area (Å²) >= 11 is 0. The van der Waals surface area contributed by atoms with Gasteiger partial charge >= 0.3 is 5.97 Å². The predicted octanol–water partition coefficient (Wildman–Crippen LogP) is 2.98. The third-order valence-corrected chi connectivity index (χ3v) is 2.88. The van der Waals surface area contributed by atoms with Gasteiger partial charge in [0, 0.05) is 6.61 Å². The maximum atomic E-state index is 11.3. The molecule has 94 valence electrons. The van der Waals surface area contributed by atoms with Crippen molar-refractivity contribution in [3.05, 3.63) is 35.4 Å². The molecule has 0 aromatic heterocycles. The third-order valence-electron chi connectivity index (χ3n) is 2.88. The summed E-state index contributed by atoms with van der Waals surface area (Å²) in [6.45, 7) is 5.88. The number of carboxylic acid groups (broad SMARTS) is 1. The van der Waals surface area contributed by atoms with Crippen LogP contribution in [-0.2, 0) is 21.6 Å². The van der Waals surface area contributed by atoms with E-state index >= 15 is 0 Å². The van der Waals surface area contributed by atoms with Crippen LogP contribution in [0, 0.1) is 0 Å². The Balaban J connectivity index is 2.99. The molecule has 0 aliphatic carbocycles. The maximum Gasteiger partial charge on any atom is 0.340 e. The molecule has 1 atom stereocenters. The van der Waals surface area contributed by atoms with Gasteiger partial charge in [0.05, 0.1) is 0 Å². The van der Waals surface area contributed by atoms with E-state index in [9.17, 15) is 9.90 Å². The van der Waals surface area contributed by atoms with Crippen molar-refractivity contribution in [3.63, 3.8) is 0 Å². The fraction of sp³-hybridized carbons (Fsp3) is 0.500. The molecule has 0 bridgehead atoms. The molecule has 0 saturated heterocycles. The number of ether oxygens (including phenoxy) is 1. The molecule has 1 unspecified atom stereocenters. The van der Waals surface area contributed by atoms with E-state index in [1.807, 2.05) is 24.3 Å². The summed E-state index contributed by atoms with van der Waals surface area (Å²) in [6, 6.07) is 7.63. The molecule has 3 nitrogen and oxygen atoms in total. The molecule has 3 heteroatoms. The van der Waals surface area contributed by atoms with E-state index in [2.05, 4.69) is 6.92 Å². The van der Waals surface area contributed by atoms with Crippen LogP contribution in [-0.4, -0.2) is 17.7 Å². The van der Waals surface area contributed by atoms with E-state index in [0.29, 0.717) is 12.2 Å². The third kappa shape index (κ3) is 3.07. The fourth-order valence-corrected chi connectivity index (χ4v) is 1.84. The summed E-state index contributed by atoms with van der Waals surface area (Å²) in [5, 5.41) is 9.26. The van der Waals surface area contributed by atoms with E-state index in [1.165, 1.54) is 5.56 Å². The number of aliphatic carboxylic acids is 1. The molecule has 0 heterocycles. The number of hydrogen-bond acceptors (Lipinski definition) is 2. The maximum absolute atomic E-state index is 11.3. The SMILES string of the molecule is CCCc1ccc(C(C)(OCC)C(=O)O)cc1. The number of rotatable bonds is 6. The van der Waals surface area contributed by atoms with Crippen molar-refractivity contribution in [1.82, 2.24) is 0 Å². The van der Waals surface area contributed by atoms with Gasteiger partial charge in [0.15, 0.2) is 5.60 Å². The first-order chi connectivity index (χ1) is 8.04. The first kappa shape index (κ1) is 13.7. The molecule has 0 amide bonds. The number of carboxylic acids is 1. The quantitative estimate of drug-likeness (QED) is 0.826. The zero-order valence-corrected chi connectivity index (χ0v) is 10.7. The highest BCUT2D eigenvalue weighted by Crippen LogP contribution is 2.26. The Kier molecular flexibility index (Phi) is 4.70. The number of benzene rings is 1. The molecule has 1 N–H and O–H groups in total. The second kappa shape index (κ2) is 5.82. The van der Waals surface area contributed by atoms with Crippen LogP contribution in [0.5, 0.6) is 0 Å². The lowest BCUT2D eigenvalue weighted by Crippen LogP contribution is -2.35. The van der Waals surface area contributed by atoms with Gasteiger partial charge in [-0.15, -0.1) is 0 Å². The van der Waals surface area contributed by atoms with Crippen molar-refractivity contribution in [2.45, 2.75) is 39.2 Å². The molecule has 1 rings (SSSR count). The van der Waals surface area contributed by atoms with Crippen molar-refractivity contribution in [1.29, 1.82) is 0 Å². The molecule has 1 aromatic rings. The summed E-state index contributed by atoms with van der Waals surface area (Å²) in [6.07, 6.45) is 2.10. The lowest BCUT2D eigenvalue weighted by Gasteiger charge is -2.25. The van der Waals surface area contributed by atoms with Crippen molar-refractivity contribution >= 4 is 5.97 Å². The van der Waals surface area contributed by atoms with Gasteiger partial charge in [-0.3, -0.25) is 0 Å². The predicted molar refractivity (Wildman–Crippen MR) is 67.1 cm³/mol. The molecule has 0 saturated carbocycles. The minimum absolute atomic E-state index is 0.375. The van der Waals surface area contributed by atoms with Gasteiger partial charge in [0.2, 0.25) is 0 Å². The highest BCUT2D eigenvalue weighted by atomic mass is 16.5. The van der Waals surface area contributed by atoms with Gasteiger partial charge in [-0.25, -0.2) is 4.79 Å². The van der Waals surface area contributed by atoms with Crippen LogP contribution in [0.25, 0.3) is 0 Å². The van der Waals surface area contributed by atoms with Crippen LogP contribution < -0.4 is 0 Å². The standard InChI is InChI=1S/C14H20O3/c1-4-6-11-7-9-12(10-8-11)14(3,13(15)16)17-5-2/h7-10H,4-6H2,1-3H3,(H,15,16). The summed E-state index contributed by atoms with van der Waals surface area (Å²) in [7, 11) is 0. The van der Waals surface area contributed by atoms with Gasteiger partial charge < -0.3 is 9.84 Å². The average Bonchev–Trinajstić information content (AvgIpc) is 2.30. The largest absolute Gasteiger partial charge is 0.479 e. The number of aryl methyl sites for hydroxylation is 1. The molecular weight excluding hydrogens is 216 g/mol. The monoisotopic (exact) mass is 236 g/mol. The highest BCUT2D eigenvalue weighted by molar-refractivity contribution is 5.79. The Bertz CT molecular complexity index is 370. The molecule has 0 spiro atoms. The van der Waals surface area contributed by atoms with Gasteiger partial charge in [-0.05, 0) is 31.4 Å². The second-order valence-electron chi connectivity index (χ2n) is 4.22. The van der Waals surface area contributed by atoms with Gasteiger partial charge in [-0.2, -0.15) is 0 Å². The highest BCUT2D eigenvalue weighted by Gasteiger charge is 2.35. The summed E-state index contributed by atoms with van der Waals surface area (Å²) in [4.78, 5) is 11.3. The van der Waals surface area contributed by atoms with Crippen LogP contribution in [0.15, 0.2) is 24.3 Å². The average molecular weight is 236 g/mol. The topological polar surface area (TPSA) is 46.5 Å². The zero-order chi connectivity index (χ0) is 12.9. The number of hydrogen-bond donors (Lipinski definition) is 1. The smallest absolute Gasteiger partial charge is 0.340 e. The Morgan fingerprint density at radius 2 is 1.88 bits per heavy atom. The Morgan fingerprint density at radius 1 is 1.29 bits per heavy atom. The van der Waals surface area contributed by atoms with E-state index in [4.69, 9.17) is 4.74 Å². The van der Waals surface area contributed by atoms with E-state index in [0.717, 1.165) is 12.8 Å². The van der Waals surface area contributed by atoms with Crippen LogP contribution in [0.3, 0.4) is 0 Å².